The molecule has 0 aliphatic rings. The van der Waals surface area contributed by atoms with Crippen molar-refractivity contribution in [3.05, 3.63) is 41.3 Å². The van der Waals surface area contributed by atoms with Crippen LogP contribution in [-0.4, -0.2) is 21.1 Å². The van der Waals surface area contributed by atoms with E-state index in [9.17, 15) is 4.79 Å². The van der Waals surface area contributed by atoms with Gasteiger partial charge in [0, 0.05) is 30.1 Å². The smallest absolute Gasteiger partial charge is 0.256 e. The Morgan fingerprint density at radius 1 is 1.47 bits per heavy atom. The lowest BCUT2D eigenvalue weighted by atomic mass is 10.1. The molecule has 0 bridgehead atoms. The van der Waals surface area contributed by atoms with Crippen LogP contribution in [0.4, 0.5) is 5.82 Å². The van der Waals surface area contributed by atoms with E-state index < -0.39 is 0 Å². The highest BCUT2D eigenvalue weighted by Gasteiger charge is 2.10. The number of anilines is 1. The molecular formula is C13H17N5O. The SMILES string of the molecule is CC(C)c1cc(NC(=O)c2ccnc(CN)c2)n[nH]1. The zero-order valence-corrected chi connectivity index (χ0v) is 11.0. The van der Waals surface area contributed by atoms with Crippen LogP contribution in [0.1, 0.15) is 41.5 Å². The lowest BCUT2D eigenvalue weighted by Gasteiger charge is -2.03. The van der Waals surface area contributed by atoms with Crippen molar-refractivity contribution in [2.24, 2.45) is 5.73 Å². The van der Waals surface area contributed by atoms with Crippen molar-refractivity contribution < 1.29 is 4.79 Å². The van der Waals surface area contributed by atoms with Crippen molar-refractivity contribution in [1.82, 2.24) is 15.2 Å². The van der Waals surface area contributed by atoms with Crippen LogP contribution in [0.3, 0.4) is 0 Å². The molecule has 100 valence electrons. The highest BCUT2D eigenvalue weighted by atomic mass is 16.1. The van der Waals surface area contributed by atoms with E-state index in [0.29, 0.717) is 29.5 Å². The minimum absolute atomic E-state index is 0.223. The van der Waals surface area contributed by atoms with Crippen LogP contribution in [0.15, 0.2) is 24.4 Å². The lowest BCUT2D eigenvalue weighted by molar-refractivity contribution is 0.102. The topological polar surface area (TPSA) is 96.7 Å². The molecule has 0 spiro atoms. The minimum atomic E-state index is -0.223. The number of aromatic nitrogens is 3. The highest BCUT2D eigenvalue weighted by Crippen LogP contribution is 2.15. The van der Waals surface area contributed by atoms with Crippen LogP contribution >= 0.6 is 0 Å². The fraction of sp³-hybridized carbons (Fsp3) is 0.308. The van der Waals surface area contributed by atoms with Gasteiger partial charge in [-0.3, -0.25) is 14.9 Å². The molecule has 4 N–H and O–H groups in total. The first kappa shape index (κ1) is 13.2. The van der Waals surface area contributed by atoms with E-state index in [1.165, 1.54) is 0 Å². The average molecular weight is 259 g/mol. The molecule has 0 aliphatic carbocycles. The largest absolute Gasteiger partial charge is 0.325 e. The van der Waals surface area contributed by atoms with Gasteiger partial charge in [-0.2, -0.15) is 5.10 Å². The van der Waals surface area contributed by atoms with Crippen LogP contribution in [0.2, 0.25) is 0 Å². The molecule has 0 atom stereocenters. The van der Waals surface area contributed by atoms with Crippen molar-refractivity contribution in [3.63, 3.8) is 0 Å². The summed E-state index contributed by atoms with van der Waals surface area (Å²) in [5, 5.41) is 9.67. The number of amides is 1. The monoisotopic (exact) mass is 259 g/mol. The normalized spacial score (nSPS) is 10.7. The molecule has 0 saturated heterocycles. The Bertz CT molecular complexity index is 576. The van der Waals surface area contributed by atoms with Crippen LogP contribution in [0.5, 0.6) is 0 Å². The fourth-order valence-corrected chi connectivity index (χ4v) is 1.62. The van der Waals surface area contributed by atoms with Crippen LogP contribution in [-0.2, 0) is 6.54 Å². The zero-order valence-electron chi connectivity index (χ0n) is 11.0. The second kappa shape index (κ2) is 5.62. The summed E-state index contributed by atoms with van der Waals surface area (Å²) < 4.78 is 0. The van der Waals surface area contributed by atoms with Crippen molar-refractivity contribution in [1.29, 1.82) is 0 Å². The number of nitrogens with one attached hydrogen (secondary N) is 2. The van der Waals surface area contributed by atoms with E-state index in [-0.39, 0.29) is 5.91 Å². The fourth-order valence-electron chi connectivity index (χ4n) is 1.62. The van der Waals surface area contributed by atoms with E-state index in [2.05, 4.69) is 34.3 Å². The molecule has 0 radical (unpaired) electrons. The zero-order chi connectivity index (χ0) is 13.8. The van der Waals surface area contributed by atoms with Crippen molar-refractivity contribution in [3.8, 4) is 0 Å². The maximum Gasteiger partial charge on any atom is 0.256 e. The second-order valence-electron chi connectivity index (χ2n) is 4.56. The molecule has 0 fully saturated rings. The average Bonchev–Trinajstić information content (AvgIpc) is 2.87. The third-order valence-corrected chi connectivity index (χ3v) is 2.75. The summed E-state index contributed by atoms with van der Waals surface area (Å²) >= 11 is 0. The van der Waals surface area contributed by atoms with Crippen LogP contribution in [0.25, 0.3) is 0 Å². The van der Waals surface area contributed by atoms with E-state index in [1.807, 2.05) is 6.07 Å². The van der Waals surface area contributed by atoms with Gasteiger partial charge in [-0.05, 0) is 18.1 Å². The molecule has 2 rings (SSSR count). The van der Waals surface area contributed by atoms with Gasteiger partial charge in [-0.1, -0.05) is 13.8 Å². The van der Waals surface area contributed by atoms with Crippen molar-refractivity contribution in [2.75, 3.05) is 5.32 Å². The van der Waals surface area contributed by atoms with Gasteiger partial charge < -0.3 is 11.1 Å². The molecule has 2 heterocycles. The van der Waals surface area contributed by atoms with Crippen molar-refractivity contribution >= 4 is 11.7 Å². The summed E-state index contributed by atoms with van der Waals surface area (Å²) in [6, 6.07) is 5.14. The maximum absolute atomic E-state index is 12.0. The number of aromatic amines is 1. The lowest BCUT2D eigenvalue weighted by Crippen LogP contribution is -2.13. The van der Waals surface area contributed by atoms with Crippen molar-refractivity contribution in [2.45, 2.75) is 26.3 Å². The summed E-state index contributed by atoms with van der Waals surface area (Å²) in [5.74, 6) is 0.627. The quantitative estimate of drug-likeness (QED) is 0.777. The maximum atomic E-state index is 12.0. The molecule has 6 nitrogen and oxygen atoms in total. The van der Waals surface area contributed by atoms with E-state index >= 15 is 0 Å². The van der Waals surface area contributed by atoms with Gasteiger partial charge in [0.2, 0.25) is 0 Å². The van der Waals surface area contributed by atoms with Gasteiger partial charge in [0.1, 0.15) is 0 Å². The Hall–Kier alpha value is -2.21. The first-order valence-corrected chi connectivity index (χ1v) is 6.12. The van der Waals surface area contributed by atoms with Gasteiger partial charge in [-0.15, -0.1) is 0 Å². The summed E-state index contributed by atoms with van der Waals surface area (Å²) in [6.07, 6.45) is 1.57. The number of pyridine rings is 1. The number of H-pyrrole nitrogens is 1. The third kappa shape index (κ3) is 3.17. The Labute approximate surface area is 111 Å². The first-order valence-electron chi connectivity index (χ1n) is 6.12. The van der Waals surface area contributed by atoms with E-state index in [4.69, 9.17) is 5.73 Å². The molecule has 0 aromatic carbocycles. The van der Waals surface area contributed by atoms with Gasteiger partial charge in [-0.25, -0.2) is 0 Å². The number of carbonyl (C=O) groups is 1. The minimum Gasteiger partial charge on any atom is -0.325 e. The second-order valence-corrected chi connectivity index (χ2v) is 4.56. The number of hydrogen-bond acceptors (Lipinski definition) is 4. The molecule has 1 amide bonds. The summed E-state index contributed by atoms with van der Waals surface area (Å²) in [7, 11) is 0. The molecule has 0 unspecified atom stereocenters. The van der Waals surface area contributed by atoms with Crippen LogP contribution < -0.4 is 11.1 Å². The number of nitrogens with two attached hydrogens (primary N) is 1. The summed E-state index contributed by atoms with van der Waals surface area (Å²) in [4.78, 5) is 16.1. The summed E-state index contributed by atoms with van der Waals surface area (Å²) in [6.45, 7) is 4.41. The van der Waals surface area contributed by atoms with Gasteiger partial charge in [0.05, 0.1) is 5.69 Å². The first-order chi connectivity index (χ1) is 9.10. The predicted octanol–water partition coefficient (Wildman–Crippen LogP) is 1.64. The Balaban J connectivity index is 2.11. The molecule has 6 heteroatoms. The Kier molecular flexibility index (Phi) is 3.91. The number of nitrogens with zero attached hydrogens (tertiary/aromatic N) is 2. The molecule has 0 aliphatic heterocycles. The van der Waals surface area contributed by atoms with E-state index in [1.54, 1.807) is 18.3 Å². The predicted molar refractivity (Wildman–Crippen MR) is 72.8 cm³/mol. The van der Waals surface area contributed by atoms with E-state index in [0.717, 1.165) is 5.69 Å². The highest BCUT2D eigenvalue weighted by molar-refractivity contribution is 6.03. The Morgan fingerprint density at radius 2 is 2.26 bits per heavy atom. The molecule has 2 aromatic rings. The standard InChI is InChI=1S/C13H17N5O/c1-8(2)11-6-12(18-17-11)16-13(19)9-3-4-15-10(5-9)7-14/h3-6,8H,7,14H2,1-2H3,(H2,16,17,18,19). The van der Waals surface area contributed by atoms with Gasteiger partial charge in [0.25, 0.3) is 5.91 Å². The van der Waals surface area contributed by atoms with Gasteiger partial charge in [0.15, 0.2) is 5.82 Å². The molecule has 2 aromatic heterocycles. The van der Waals surface area contributed by atoms with Gasteiger partial charge >= 0.3 is 0 Å². The Morgan fingerprint density at radius 3 is 2.89 bits per heavy atom. The number of rotatable bonds is 4. The summed E-state index contributed by atoms with van der Waals surface area (Å²) in [5.41, 5.74) is 7.67. The molecular weight excluding hydrogens is 242 g/mol. The molecule has 19 heavy (non-hydrogen) atoms. The molecule has 0 saturated carbocycles. The number of hydrogen-bond donors (Lipinski definition) is 3. The number of carbonyl (C=O) groups excluding carboxylic acids is 1. The third-order valence-electron chi connectivity index (χ3n) is 2.75. The van der Waals surface area contributed by atoms with Crippen LogP contribution in [0, 0.1) is 0 Å².